The Bertz CT molecular complexity index is 686. The second-order valence-electron chi connectivity index (χ2n) is 4.91. The molecule has 1 heterocycles. The molecule has 0 bridgehead atoms. The normalized spacial score (nSPS) is 11.1. The smallest absolute Gasteiger partial charge is 0.0456 e. The van der Waals surface area contributed by atoms with Gasteiger partial charge in [-0.25, -0.2) is 0 Å². The van der Waals surface area contributed by atoms with E-state index >= 15 is 0 Å². The number of halogens is 1. The van der Waals surface area contributed by atoms with Crippen LogP contribution in [0.25, 0.3) is 10.9 Å². The zero-order valence-corrected chi connectivity index (χ0v) is 12.8. The number of fused-ring (bicyclic) bond motifs is 1. The predicted molar refractivity (Wildman–Crippen MR) is 87.9 cm³/mol. The molecule has 2 nitrogen and oxygen atoms in total. The standard InChI is InChI=1S/C17H17BrN2/c18-15-7-5-13(6-8-15)11-19-10-9-14-12-20-17-4-2-1-3-16(14)17/h1-8,12,19-20H,9-11H2. The van der Waals surface area contributed by atoms with Gasteiger partial charge in [-0.2, -0.15) is 0 Å². The Kier molecular flexibility index (Phi) is 4.19. The summed E-state index contributed by atoms with van der Waals surface area (Å²) in [7, 11) is 0. The molecule has 0 aliphatic heterocycles. The molecule has 2 N–H and O–H groups in total. The van der Waals surface area contributed by atoms with Crippen molar-refractivity contribution in [2.75, 3.05) is 6.54 Å². The second-order valence-corrected chi connectivity index (χ2v) is 5.83. The van der Waals surface area contributed by atoms with Gasteiger partial charge in [0.1, 0.15) is 0 Å². The zero-order chi connectivity index (χ0) is 13.8. The van der Waals surface area contributed by atoms with Crippen LogP contribution in [0.1, 0.15) is 11.1 Å². The number of aromatic nitrogens is 1. The number of benzene rings is 2. The quantitative estimate of drug-likeness (QED) is 0.673. The summed E-state index contributed by atoms with van der Waals surface area (Å²) in [4.78, 5) is 3.32. The lowest BCUT2D eigenvalue weighted by atomic mass is 10.1. The van der Waals surface area contributed by atoms with Crippen molar-refractivity contribution in [3.8, 4) is 0 Å². The van der Waals surface area contributed by atoms with E-state index < -0.39 is 0 Å². The molecule has 3 rings (SSSR count). The van der Waals surface area contributed by atoms with Gasteiger partial charge in [0.15, 0.2) is 0 Å². The molecule has 0 saturated carbocycles. The summed E-state index contributed by atoms with van der Waals surface area (Å²) in [5, 5.41) is 4.83. The van der Waals surface area contributed by atoms with Gasteiger partial charge in [-0.3, -0.25) is 0 Å². The van der Waals surface area contributed by atoms with Gasteiger partial charge in [0.2, 0.25) is 0 Å². The maximum absolute atomic E-state index is 3.49. The van der Waals surface area contributed by atoms with Crippen molar-refractivity contribution in [3.63, 3.8) is 0 Å². The molecule has 3 heteroatoms. The predicted octanol–water partition coefficient (Wildman–Crippen LogP) is 4.26. The van der Waals surface area contributed by atoms with Gasteiger partial charge in [-0.15, -0.1) is 0 Å². The minimum absolute atomic E-state index is 0.912. The van der Waals surface area contributed by atoms with E-state index in [2.05, 4.69) is 81.0 Å². The van der Waals surface area contributed by atoms with Crippen molar-refractivity contribution in [3.05, 3.63) is 70.3 Å². The van der Waals surface area contributed by atoms with E-state index in [1.54, 1.807) is 0 Å². The van der Waals surface area contributed by atoms with Crippen LogP contribution in [-0.4, -0.2) is 11.5 Å². The SMILES string of the molecule is Brc1ccc(CNCCc2c[nH]c3ccccc23)cc1. The molecule has 0 radical (unpaired) electrons. The monoisotopic (exact) mass is 328 g/mol. The molecule has 2 aromatic carbocycles. The van der Waals surface area contributed by atoms with Crippen LogP contribution >= 0.6 is 15.9 Å². The van der Waals surface area contributed by atoms with Crippen molar-refractivity contribution in [1.29, 1.82) is 0 Å². The minimum atomic E-state index is 0.912. The highest BCUT2D eigenvalue weighted by Crippen LogP contribution is 2.17. The lowest BCUT2D eigenvalue weighted by Gasteiger charge is -2.05. The average molecular weight is 329 g/mol. The molecule has 0 aliphatic carbocycles. The summed E-state index contributed by atoms with van der Waals surface area (Å²) < 4.78 is 1.13. The maximum Gasteiger partial charge on any atom is 0.0456 e. The summed E-state index contributed by atoms with van der Waals surface area (Å²) in [6, 6.07) is 16.9. The van der Waals surface area contributed by atoms with E-state index in [9.17, 15) is 0 Å². The molecule has 20 heavy (non-hydrogen) atoms. The van der Waals surface area contributed by atoms with E-state index in [1.807, 2.05) is 0 Å². The first kappa shape index (κ1) is 13.4. The molecule has 0 unspecified atom stereocenters. The highest BCUT2D eigenvalue weighted by atomic mass is 79.9. The molecular weight excluding hydrogens is 312 g/mol. The third-order valence-electron chi connectivity index (χ3n) is 3.49. The topological polar surface area (TPSA) is 27.8 Å². The first-order valence-corrected chi connectivity index (χ1v) is 7.62. The molecule has 102 valence electrons. The fourth-order valence-corrected chi connectivity index (χ4v) is 2.66. The van der Waals surface area contributed by atoms with Gasteiger partial charge >= 0.3 is 0 Å². The van der Waals surface area contributed by atoms with Crippen LogP contribution in [-0.2, 0) is 13.0 Å². The average Bonchev–Trinajstić information content (AvgIpc) is 2.89. The van der Waals surface area contributed by atoms with Gasteiger partial charge in [-0.1, -0.05) is 46.3 Å². The summed E-state index contributed by atoms with van der Waals surface area (Å²) in [5.74, 6) is 0. The number of para-hydroxylation sites is 1. The number of hydrogen-bond acceptors (Lipinski definition) is 1. The van der Waals surface area contributed by atoms with Crippen molar-refractivity contribution in [1.82, 2.24) is 10.3 Å². The number of aromatic amines is 1. The fourth-order valence-electron chi connectivity index (χ4n) is 2.40. The molecular formula is C17H17BrN2. The molecule has 0 saturated heterocycles. The van der Waals surface area contributed by atoms with Crippen LogP contribution in [0.15, 0.2) is 59.2 Å². The van der Waals surface area contributed by atoms with Crippen molar-refractivity contribution in [2.24, 2.45) is 0 Å². The Morgan fingerprint density at radius 2 is 1.80 bits per heavy atom. The van der Waals surface area contributed by atoms with Gasteiger partial charge in [-0.05, 0) is 42.3 Å². The van der Waals surface area contributed by atoms with Crippen LogP contribution in [0, 0.1) is 0 Å². The van der Waals surface area contributed by atoms with Gasteiger partial charge in [0, 0.05) is 28.1 Å². The van der Waals surface area contributed by atoms with Crippen molar-refractivity contribution < 1.29 is 0 Å². The van der Waals surface area contributed by atoms with E-state index in [1.165, 1.54) is 22.0 Å². The number of hydrogen-bond donors (Lipinski definition) is 2. The molecule has 0 amide bonds. The van der Waals surface area contributed by atoms with E-state index in [0.29, 0.717) is 0 Å². The fraction of sp³-hybridized carbons (Fsp3) is 0.176. The van der Waals surface area contributed by atoms with Gasteiger partial charge in [0.25, 0.3) is 0 Å². The third kappa shape index (κ3) is 3.11. The number of rotatable bonds is 5. The third-order valence-corrected chi connectivity index (χ3v) is 4.02. The molecule has 1 aromatic heterocycles. The van der Waals surface area contributed by atoms with E-state index in [4.69, 9.17) is 0 Å². The lowest BCUT2D eigenvalue weighted by Crippen LogP contribution is -2.16. The van der Waals surface area contributed by atoms with Crippen LogP contribution in [0.5, 0.6) is 0 Å². The van der Waals surface area contributed by atoms with Crippen molar-refractivity contribution in [2.45, 2.75) is 13.0 Å². The summed E-state index contributed by atoms with van der Waals surface area (Å²) in [6.07, 6.45) is 3.16. The lowest BCUT2D eigenvalue weighted by molar-refractivity contribution is 0.688. The molecule has 0 fully saturated rings. The molecule has 0 atom stereocenters. The Labute approximate surface area is 127 Å². The second kappa shape index (κ2) is 6.25. The first-order valence-electron chi connectivity index (χ1n) is 6.83. The Balaban J connectivity index is 1.54. The molecule has 3 aromatic rings. The van der Waals surface area contributed by atoms with Gasteiger partial charge in [0.05, 0.1) is 0 Å². The van der Waals surface area contributed by atoms with E-state index in [-0.39, 0.29) is 0 Å². The van der Waals surface area contributed by atoms with Crippen LogP contribution in [0.2, 0.25) is 0 Å². The maximum atomic E-state index is 3.49. The largest absolute Gasteiger partial charge is 0.361 e. The highest BCUT2D eigenvalue weighted by molar-refractivity contribution is 9.10. The van der Waals surface area contributed by atoms with Crippen molar-refractivity contribution >= 4 is 26.8 Å². The Morgan fingerprint density at radius 1 is 1.00 bits per heavy atom. The number of nitrogens with one attached hydrogen (secondary N) is 2. The Morgan fingerprint density at radius 3 is 2.65 bits per heavy atom. The van der Waals surface area contributed by atoms with Crippen LogP contribution in [0.4, 0.5) is 0 Å². The summed E-state index contributed by atoms with van der Waals surface area (Å²) >= 11 is 3.45. The van der Waals surface area contributed by atoms with E-state index in [0.717, 1.165) is 24.0 Å². The molecule has 0 spiro atoms. The van der Waals surface area contributed by atoms with Gasteiger partial charge < -0.3 is 10.3 Å². The zero-order valence-electron chi connectivity index (χ0n) is 11.2. The highest BCUT2D eigenvalue weighted by Gasteiger charge is 2.02. The van der Waals surface area contributed by atoms with Crippen LogP contribution < -0.4 is 5.32 Å². The summed E-state index contributed by atoms with van der Waals surface area (Å²) in [5.41, 5.74) is 3.91. The summed E-state index contributed by atoms with van der Waals surface area (Å²) in [6.45, 7) is 1.90. The first-order chi connectivity index (χ1) is 9.83. The Hall–Kier alpha value is -1.58. The van der Waals surface area contributed by atoms with Crippen LogP contribution in [0.3, 0.4) is 0 Å². The minimum Gasteiger partial charge on any atom is -0.361 e. The number of H-pyrrole nitrogens is 1. The molecule has 0 aliphatic rings.